The van der Waals surface area contributed by atoms with Crippen molar-refractivity contribution in [2.45, 2.75) is 19.0 Å². The lowest BCUT2D eigenvalue weighted by Gasteiger charge is -2.20. The van der Waals surface area contributed by atoms with Crippen molar-refractivity contribution in [3.05, 3.63) is 64.1 Å². The quantitative estimate of drug-likeness (QED) is 0.490. The van der Waals surface area contributed by atoms with Gasteiger partial charge in [-0.25, -0.2) is 0 Å². The fraction of sp³-hybridized carbons (Fsp3) is 0.333. The molecule has 2 aromatic carbocycles. The lowest BCUT2D eigenvalue weighted by molar-refractivity contribution is 0.0963. The van der Waals surface area contributed by atoms with E-state index in [1.165, 1.54) is 5.69 Å². The van der Waals surface area contributed by atoms with E-state index in [-0.39, 0.29) is 5.91 Å². The zero-order chi connectivity index (χ0) is 19.9. The van der Waals surface area contributed by atoms with E-state index >= 15 is 0 Å². The van der Waals surface area contributed by atoms with Crippen LogP contribution in [0.5, 0.6) is 0 Å². The number of nitrogens with zero attached hydrogens (tertiary/aromatic N) is 2. The van der Waals surface area contributed by atoms with Gasteiger partial charge >= 0.3 is 0 Å². The Morgan fingerprint density at radius 3 is 2.75 bits per heavy atom. The predicted molar refractivity (Wildman–Crippen MR) is 118 cm³/mol. The van der Waals surface area contributed by atoms with Gasteiger partial charge in [-0.2, -0.15) is 0 Å². The summed E-state index contributed by atoms with van der Waals surface area (Å²) in [6.07, 6.45) is 1.06. The number of hydrogen-bond donors (Lipinski definition) is 3. The van der Waals surface area contributed by atoms with Crippen molar-refractivity contribution in [3.8, 4) is 0 Å². The summed E-state index contributed by atoms with van der Waals surface area (Å²) < 4.78 is 1.09. The van der Waals surface area contributed by atoms with Gasteiger partial charge in [0.25, 0.3) is 5.91 Å². The summed E-state index contributed by atoms with van der Waals surface area (Å²) in [6, 6.07) is 16.4. The molecule has 1 heterocycles. The van der Waals surface area contributed by atoms with Gasteiger partial charge in [0.15, 0.2) is 5.96 Å². The van der Waals surface area contributed by atoms with Crippen LogP contribution in [0.25, 0.3) is 0 Å². The van der Waals surface area contributed by atoms with Crippen molar-refractivity contribution in [1.29, 1.82) is 0 Å². The molecule has 0 saturated carbocycles. The Morgan fingerprint density at radius 1 is 1.25 bits per heavy atom. The molecular formula is C21H26BrN5O. The Hall–Kier alpha value is -2.54. The van der Waals surface area contributed by atoms with Gasteiger partial charge < -0.3 is 20.9 Å². The topological polar surface area (TPSA) is 68.8 Å². The number of halogens is 1. The molecule has 1 saturated heterocycles. The summed E-state index contributed by atoms with van der Waals surface area (Å²) in [5.74, 6) is 0.691. The molecule has 1 atom stereocenters. The molecule has 1 amide bonds. The number of aliphatic imine (C=N–C) groups is 1. The molecular weight excluding hydrogens is 418 g/mol. The second kappa shape index (κ2) is 9.59. The number of hydrogen-bond acceptors (Lipinski definition) is 3. The fourth-order valence-electron chi connectivity index (χ4n) is 3.31. The van der Waals surface area contributed by atoms with Crippen LogP contribution in [-0.4, -0.2) is 45.1 Å². The molecule has 1 fully saturated rings. The lowest BCUT2D eigenvalue weighted by atomic mass is 10.1. The Bertz CT molecular complexity index is 837. The van der Waals surface area contributed by atoms with E-state index in [1.54, 1.807) is 14.1 Å². The van der Waals surface area contributed by atoms with Crippen molar-refractivity contribution < 1.29 is 4.79 Å². The van der Waals surface area contributed by atoms with Crippen LogP contribution < -0.4 is 20.9 Å². The third-order valence-electron chi connectivity index (χ3n) is 4.82. The minimum atomic E-state index is -0.0802. The summed E-state index contributed by atoms with van der Waals surface area (Å²) in [5.41, 5.74) is 2.93. The molecule has 1 aliphatic heterocycles. The summed E-state index contributed by atoms with van der Waals surface area (Å²) >= 11 is 3.48. The normalized spacial score (nSPS) is 16.8. The largest absolute Gasteiger partial charge is 0.369 e. The van der Waals surface area contributed by atoms with E-state index in [0.29, 0.717) is 18.2 Å². The molecule has 7 heteroatoms. The summed E-state index contributed by atoms with van der Waals surface area (Å²) in [6.45, 7) is 2.56. The standard InChI is InChI=1S/C21H26BrN5O/c1-23-20(28)16-5-3-4-15(12-16)13-25-21(24-2)26-18-10-11-27(14-18)19-8-6-17(22)7-9-19/h3-9,12,18H,10-11,13-14H2,1-2H3,(H,23,28)(H2,24,25,26). The fourth-order valence-corrected chi connectivity index (χ4v) is 3.57. The summed E-state index contributed by atoms with van der Waals surface area (Å²) in [7, 11) is 3.41. The van der Waals surface area contributed by atoms with Crippen LogP contribution in [0, 0.1) is 0 Å². The monoisotopic (exact) mass is 443 g/mol. The molecule has 0 aliphatic carbocycles. The van der Waals surface area contributed by atoms with Crippen LogP contribution in [0.4, 0.5) is 5.69 Å². The Balaban J connectivity index is 1.53. The molecule has 28 heavy (non-hydrogen) atoms. The Morgan fingerprint density at radius 2 is 2.04 bits per heavy atom. The predicted octanol–water partition coefficient (Wildman–Crippen LogP) is 2.75. The highest BCUT2D eigenvalue weighted by molar-refractivity contribution is 9.10. The van der Waals surface area contributed by atoms with E-state index < -0.39 is 0 Å². The van der Waals surface area contributed by atoms with Crippen molar-refractivity contribution in [1.82, 2.24) is 16.0 Å². The van der Waals surface area contributed by atoms with Crippen LogP contribution in [-0.2, 0) is 6.54 Å². The number of guanidine groups is 1. The van der Waals surface area contributed by atoms with Crippen molar-refractivity contribution in [3.63, 3.8) is 0 Å². The molecule has 0 bridgehead atoms. The highest BCUT2D eigenvalue weighted by Gasteiger charge is 2.23. The molecule has 148 valence electrons. The number of carbonyl (C=O) groups excluding carboxylic acids is 1. The smallest absolute Gasteiger partial charge is 0.251 e. The van der Waals surface area contributed by atoms with Crippen LogP contribution in [0.1, 0.15) is 22.3 Å². The molecule has 1 unspecified atom stereocenters. The first-order valence-electron chi connectivity index (χ1n) is 9.38. The maximum Gasteiger partial charge on any atom is 0.251 e. The molecule has 0 spiro atoms. The third-order valence-corrected chi connectivity index (χ3v) is 5.35. The number of nitrogens with one attached hydrogen (secondary N) is 3. The highest BCUT2D eigenvalue weighted by Crippen LogP contribution is 2.22. The van der Waals surface area contributed by atoms with Crippen LogP contribution >= 0.6 is 15.9 Å². The molecule has 0 aromatic heterocycles. The highest BCUT2D eigenvalue weighted by atomic mass is 79.9. The molecule has 0 radical (unpaired) electrons. The van der Waals surface area contributed by atoms with Crippen molar-refractivity contribution >= 4 is 33.5 Å². The van der Waals surface area contributed by atoms with Crippen LogP contribution in [0.15, 0.2) is 58.0 Å². The van der Waals surface area contributed by atoms with E-state index in [9.17, 15) is 4.79 Å². The van der Waals surface area contributed by atoms with Gasteiger partial charge in [0, 0.05) is 55.5 Å². The van der Waals surface area contributed by atoms with Gasteiger partial charge in [0.2, 0.25) is 0 Å². The average molecular weight is 444 g/mol. The van der Waals surface area contributed by atoms with Gasteiger partial charge in [-0.3, -0.25) is 9.79 Å². The maximum atomic E-state index is 11.8. The maximum absolute atomic E-state index is 11.8. The first kappa shape index (κ1) is 20.2. The number of carbonyl (C=O) groups is 1. The minimum Gasteiger partial charge on any atom is -0.369 e. The molecule has 3 rings (SSSR count). The Kier molecular flexibility index (Phi) is 6.92. The van der Waals surface area contributed by atoms with Gasteiger partial charge in [0.05, 0.1) is 0 Å². The number of amides is 1. The van der Waals surface area contributed by atoms with Gasteiger partial charge in [0.1, 0.15) is 0 Å². The van der Waals surface area contributed by atoms with Gasteiger partial charge in [-0.05, 0) is 48.4 Å². The number of anilines is 1. The van der Waals surface area contributed by atoms with Crippen molar-refractivity contribution in [2.75, 3.05) is 32.1 Å². The summed E-state index contributed by atoms with van der Waals surface area (Å²) in [4.78, 5) is 18.5. The lowest BCUT2D eigenvalue weighted by Crippen LogP contribution is -2.44. The number of rotatable bonds is 5. The van der Waals surface area contributed by atoms with E-state index in [4.69, 9.17) is 0 Å². The SMILES string of the molecule is CN=C(NCc1cccc(C(=O)NC)c1)NC1CCN(c2ccc(Br)cc2)C1. The van der Waals surface area contributed by atoms with Gasteiger partial charge in [-0.1, -0.05) is 28.1 Å². The number of benzene rings is 2. The zero-order valence-electron chi connectivity index (χ0n) is 16.2. The molecule has 3 N–H and O–H groups in total. The van der Waals surface area contributed by atoms with Gasteiger partial charge in [-0.15, -0.1) is 0 Å². The van der Waals surface area contributed by atoms with E-state index in [0.717, 1.165) is 35.5 Å². The average Bonchev–Trinajstić information content (AvgIpc) is 3.19. The first-order valence-corrected chi connectivity index (χ1v) is 10.2. The zero-order valence-corrected chi connectivity index (χ0v) is 17.8. The van der Waals surface area contributed by atoms with Crippen LogP contribution in [0.3, 0.4) is 0 Å². The second-order valence-electron chi connectivity index (χ2n) is 6.76. The molecule has 1 aliphatic rings. The first-order chi connectivity index (χ1) is 13.6. The van der Waals surface area contributed by atoms with Crippen molar-refractivity contribution in [2.24, 2.45) is 4.99 Å². The van der Waals surface area contributed by atoms with Crippen LogP contribution in [0.2, 0.25) is 0 Å². The third kappa shape index (κ3) is 5.25. The minimum absolute atomic E-state index is 0.0802. The molecule has 6 nitrogen and oxygen atoms in total. The van der Waals surface area contributed by atoms with E-state index in [2.05, 4.69) is 66.0 Å². The summed E-state index contributed by atoms with van der Waals surface area (Å²) in [5, 5.41) is 9.50. The second-order valence-corrected chi connectivity index (χ2v) is 7.67. The Labute approximate surface area is 174 Å². The molecule has 2 aromatic rings. The van der Waals surface area contributed by atoms with E-state index in [1.807, 2.05) is 24.3 Å².